The number of esters is 1. The number of ether oxygens (including phenoxy) is 1. The monoisotopic (exact) mass is 304 g/mol. The van der Waals surface area contributed by atoms with Crippen LogP contribution in [-0.4, -0.2) is 29.9 Å². The van der Waals surface area contributed by atoms with E-state index in [1.165, 1.54) is 6.92 Å². The van der Waals surface area contributed by atoms with Gasteiger partial charge >= 0.3 is 5.97 Å². The molecule has 2 N–H and O–H groups in total. The zero-order valence-electron chi connectivity index (χ0n) is 12.9. The first-order chi connectivity index (χ1) is 10.4. The Bertz CT molecular complexity index is 612. The fourth-order valence-electron chi connectivity index (χ4n) is 2.29. The van der Waals surface area contributed by atoms with E-state index < -0.39 is 24.0 Å². The van der Waals surface area contributed by atoms with Crippen molar-refractivity contribution >= 4 is 23.5 Å². The molecule has 1 aromatic carbocycles. The zero-order chi connectivity index (χ0) is 16.3. The quantitative estimate of drug-likeness (QED) is 0.825. The maximum absolute atomic E-state index is 12.1. The molecule has 1 saturated heterocycles. The molecule has 1 aliphatic heterocycles. The first kappa shape index (κ1) is 16.0. The summed E-state index contributed by atoms with van der Waals surface area (Å²) in [5, 5.41) is 5.26. The maximum atomic E-state index is 12.1. The molecule has 1 heterocycles. The van der Waals surface area contributed by atoms with Gasteiger partial charge in [0.25, 0.3) is 5.91 Å². The van der Waals surface area contributed by atoms with Gasteiger partial charge in [-0.1, -0.05) is 17.7 Å². The Morgan fingerprint density at radius 3 is 2.68 bits per heavy atom. The topological polar surface area (TPSA) is 84.5 Å². The van der Waals surface area contributed by atoms with E-state index >= 15 is 0 Å². The number of anilines is 1. The lowest BCUT2D eigenvalue weighted by Gasteiger charge is -2.17. The Morgan fingerprint density at radius 1 is 1.36 bits per heavy atom. The van der Waals surface area contributed by atoms with E-state index in [9.17, 15) is 14.4 Å². The Labute approximate surface area is 129 Å². The van der Waals surface area contributed by atoms with Gasteiger partial charge in [0, 0.05) is 12.1 Å². The van der Waals surface area contributed by atoms with Crippen LogP contribution in [0.15, 0.2) is 18.2 Å². The standard InChI is InChI=1S/C16H20N2O4/c1-9-4-5-12(10(2)8-9)18-15(20)11(3)22-16(21)13-6-7-14(19)17-13/h4-5,8,11,13H,6-7H2,1-3H3,(H,17,19)(H,18,20)/t11-,13-/m1/s1. The summed E-state index contributed by atoms with van der Waals surface area (Å²) in [6.07, 6.45) is -0.211. The minimum atomic E-state index is -0.925. The number of amides is 2. The highest BCUT2D eigenvalue weighted by molar-refractivity contribution is 5.96. The molecule has 22 heavy (non-hydrogen) atoms. The molecule has 6 nitrogen and oxygen atoms in total. The normalized spacial score (nSPS) is 18.5. The number of carbonyl (C=O) groups is 3. The second-order valence-corrected chi connectivity index (χ2v) is 5.55. The molecule has 118 valence electrons. The lowest BCUT2D eigenvalue weighted by atomic mass is 10.1. The van der Waals surface area contributed by atoms with E-state index in [0.717, 1.165) is 11.1 Å². The molecule has 2 atom stereocenters. The predicted octanol–water partition coefficient (Wildman–Crippen LogP) is 1.45. The Morgan fingerprint density at radius 2 is 2.09 bits per heavy atom. The van der Waals surface area contributed by atoms with Gasteiger partial charge in [0.1, 0.15) is 6.04 Å². The summed E-state index contributed by atoms with van der Waals surface area (Å²) in [6, 6.07) is 5.02. The van der Waals surface area contributed by atoms with Gasteiger partial charge in [0.15, 0.2) is 6.10 Å². The minimum absolute atomic E-state index is 0.172. The van der Waals surface area contributed by atoms with Crippen molar-refractivity contribution in [3.63, 3.8) is 0 Å². The molecule has 2 amide bonds. The molecule has 0 spiro atoms. The van der Waals surface area contributed by atoms with E-state index in [0.29, 0.717) is 18.5 Å². The average Bonchev–Trinajstić information content (AvgIpc) is 2.88. The molecule has 2 rings (SSSR count). The van der Waals surface area contributed by atoms with Gasteiger partial charge in [0.05, 0.1) is 0 Å². The van der Waals surface area contributed by atoms with Crippen LogP contribution in [0.5, 0.6) is 0 Å². The summed E-state index contributed by atoms with van der Waals surface area (Å²) in [5.74, 6) is -1.15. The van der Waals surface area contributed by atoms with Gasteiger partial charge in [-0.25, -0.2) is 4.79 Å². The summed E-state index contributed by atoms with van der Waals surface area (Å²) in [6.45, 7) is 5.37. The van der Waals surface area contributed by atoms with Gasteiger partial charge in [-0.05, 0) is 38.8 Å². The third kappa shape index (κ3) is 3.84. The van der Waals surface area contributed by atoms with Crippen LogP contribution in [0, 0.1) is 13.8 Å². The zero-order valence-corrected chi connectivity index (χ0v) is 12.9. The van der Waals surface area contributed by atoms with Crippen molar-refractivity contribution < 1.29 is 19.1 Å². The largest absolute Gasteiger partial charge is 0.451 e. The molecule has 1 fully saturated rings. The lowest BCUT2D eigenvalue weighted by molar-refractivity contribution is -0.155. The van der Waals surface area contributed by atoms with Crippen LogP contribution in [0.2, 0.25) is 0 Å². The molecule has 0 unspecified atom stereocenters. The maximum Gasteiger partial charge on any atom is 0.329 e. The van der Waals surface area contributed by atoms with Crippen LogP contribution in [0.4, 0.5) is 5.69 Å². The second kappa shape index (κ2) is 6.60. The molecule has 0 bridgehead atoms. The van der Waals surface area contributed by atoms with Gasteiger partial charge < -0.3 is 15.4 Å². The first-order valence-electron chi connectivity index (χ1n) is 7.25. The number of carbonyl (C=O) groups excluding carboxylic acids is 3. The molecular weight excluding hydrogens is 284 g/mol. The SMILES string of the molecule is Cc1ccc(NC(=O)[C@@H](C)OC(=O)[C@H]2CCC(=O)N2)c(C)c1. The molecule has 1 aliphatic rings. The van der Waals surface area contributed by atoms with E-state index in [1.807, 2.05) is 32.0 Å². The Hall–Kier alpha value is -2.37. The van der Waals surface area contributed by atoms with Crippen LogP contribution in [0.3, 0.4) is 0 Å². The highest BCUT2D eigenvalue weighted by atomic mass is 16.5. The number of rotatable bonds is 4. The van der Waals surface area contributed by atoms with Gasteiger partial charge in [-0.3, -0.25) is 9.59 Å². The minimum Gasteiger partial charge on any atom is -0.451 e. The van der Waals surface area contributed by atoms with Crippen molar-refractivity contribution in [2.24, 2.45) is 0 Å². The summed E-state index contributed by atoms with van der Waals surface area (Å²) in [4.78, 5) is 35.0. The predicted molar refractivity (Wildman–Crippen MR) is 81.3 cm³/mol. The molecule has 1 aromatic rings. The molecule has 0 radical (unpaired) electrons. The number of hydrogen-bond donors (Lipinski definition) is 2. The van der Waals surface area contributed by atoms with Crippen LogP contribution >= 0.6 is 0 Å². The van der Waals surface area contributed by atoms with Crippen molar-refractivity contribution in [3.8, 4) is 0 Å². The van der Waals surface area contributed by atoms with Crippen molar-refractivity contribution in [1.29, 1.82) is 0 Å². The summed E-state index contributed by atoms with van der Waals surface area (Å²) >= 11 is 0. The fourth-order valence-corrected chi connectivity index (χ4v) is 2.29. The molecule has 6 heteroatoms. The lowest BCUT2D eigenvalue weighted by Crippen LogP contribution is -2.39. The molecule has 0 saturated carbocycles. The summed E-state index contributed by atoms with van der Waals surface area (Å²) in [5.41, 5.74) is 2.73. The van der Waals surface area contributed by atoms with Crippen LogP contribution in [0.25, 0.3) is 0 Å². The Kier molecular flexibility index (Phi) is 4.80. The Balaban J connectivity index is 1.91. The first-order valence-corrected chi connectivity index (χ1v) is 7.25. The smallest absolute Gasteiger partial charge is 0.329 e. The van der Waals surface area contributed by atoms with Crippen LogP contribution in [-0.2, 0) is 19.1 Å². The van der Waals surface area contributed by atoms with Crippen LogP contribution < -0.4 is 10.6 Å². The van der Waals surface area contributed by atoms with Crippen molar-refractivity contribution in [3.05, 3.63) is 29.3 Å². The van der Waals surface area contributed by atoms with E-state index in [4.69, 9.17) is 4.74 Å². The van der Waals surface area contributed by atoms with E-state index in [-0.39, 0.29) is 5.91 Å². The third-order valence-corrected chi connectivity index (χ3v) is 3.58. The third-order valence-electron chi connectivity index (χ3n) is 3.58. The number of benzene rings is 1. The van der Waals surface area contributed by atoms with Crippen molar-refractivity contribution in [2.45, 2.75) is 45.8 Å². The number of nitrogens with one attached hydrogen (secondary N) is 2. The van der Waals surface area contributed by atoms with Gasteiger partial charge in [-0.2, -0.15) is 0 Å². The van der Waals surface area contributed by atoms with E-state index in [1.54, 1.807) is 0 Å². The van der Waals surface area contributed by atoms with Gasteiger partial charge in [0.2, 0.25) is 5.91 Å². The molecular formula is C16H20N2O4. The van der Waals surface area contributed by atoms with E-state index in [2.05, 4.69) is 10.6 Å². The number of hydrogen-bond acceptors (Lipinski definition) is 4. The number of aryl methyl sites for hydroxylation is 2. The van der Waals surface area contributed by atoms with Gasteiger partial charge in [-0.15, -0.1) is 0 Å². The highest BCUT2D eigenvalue weighted by Crippen LogP contribution is 2.17. The van der Waals surface area contributed by atoms with Crippen LogP contribution in [0.1, 0.15) is 30.9 Å². The second-order valence-electron chi connectivity index (χ2n) is 5.55. The summed E-state index contributed by atoms with van der Waals surface area (Å²) in [7, 11) is 0. The highest BCUT2D eigenvalue weighted by Gasteiger charge is 2.30. The fraction of sp³-hybridized carbons (Fsp3) is 0.438. The average molecular weight is 304 g/mol. The summed E-state index contributed by atoms with van der Waals surface area (Å²) < 4.78 is 5.11. The molecule has 0 aliphatic carbocycles. The van der Waals surface area contributed by atoms with Crippen molar-refractivity contribution in [2.75, 3.05) is 5.32 Å². The van der Waals surface area contributed by atoms with Crippen molar-refractivity contribution in [1.82, 2.24) is 5.32 Å². The molecule has 0 aromatic heterocycles.